The quantitative estimate of drug-likeness (QED) is 0.721. The Morgan fingerprint density at radius 1 is 1.35 bits per heavy atom. The third-order valence-electron chi connectivity index (χ3n) is 4.17. The van der Waals surface area contributed by atoms with Gasteiger partial charge in [-0.05, 0) is 12.0 Å². The van der Waals surface area contributed by atoms with Gasteiger partial charge in [0.15, 0.2) is 0 Å². The second-order valence-corrected chi connectivity index (χ2v) is 8.08. The van der Waals surface area contributed by atoms with E-state index in [-0.39, 0.29) is 13.1 Å². The van der Waals surface area contributed by atoms with Crippen LogP contribution in [0.25, 0.3) is 0 Å². The van der Waals surface area contributed by atoms with Crippen molar-refractivity contribution >= 4 is 27.5 Å². The number of carbonyl (C=O) groups excluding carboxylic acids is 2. The molecule has 26 heavy (non-hydrogen) atoms. The minimum absolute atomic E-state index is 0.205. The van der Waals surface area contributed by atoms with Gasteiger partial charge in [-0.3, -0.25) is 14.6 Å². The van der Waals surface area contributed by atoms with Crippen molar-refractivity contribution in [3.8, 4) is 0 Å². The molecule has 0 bridgehead atoms. The summed E-state index contributed by atoms with van der Waals surface area (Å²) in [6, 6.07) is 0. The highest BCUT2D eigenvalue weighted by atomic mass is 32.2. The first-order valence-corrected chi connectivity index (χ1v) is 9.92. The fourth-order valence-electron chi connectivity index (χ4n) is 2.94. The van der Waals surface area contributed by atoms with Gasteiger partial charge in [0, 0.05) is 49.1 Å². The highest BCUT2D eigenvalue weighted by Gasteiger charge is 2.40. The van der Waals surface area contributed by atoms with Crippen molar-refractivity contribution in [3.05, 3.63) is 48.0 Å². The van der Waals surface area contributed by atoms with Crippen LogP contribution in [0.3, 0.4) is 0 Å². The van der Waals surface area contributed by atoms with Gasteiger partial charge in [-0.2, -0.15) is 0 Å². The van der Waals surface area contributed by atoms with Gasteiger partial charge in [0.2, 0.25) is 0 Å². The smallest absolute Gasteiger partial charge is 0.271 e. The van der Waals surface area contributed by atoms with E-state index in [0.717, 1.165) is 35.9 Å². The van der Waals surface area contributed by atoms with Crippen LogP contribution < -0.4 is 0 Å². The monoisotopic (exact) mass is 376 g/mol. The number of hydrazine groups is 1. The van der Waals surface area contributed by atoms with Crippen LogP contribution in [0, 0.1) is 0 Å². The Kier molecular flexibility index (Phi) is 4.57. The molecule has 2 heterocycles. The fourth-order valence-corrected chi connectivity index (χ4v) is 3.90. The number of hydrogen-bond donors (Lipinski definition) is 0. The molecule has 0 unspecified atom stereocenters. The third kappa shape index (κ3) is 3.48. The molecule has 1 saturated carbocycles. The number of allylic oxidation sites excluding steroid dienone is 4. The second-order valence-electron chi connectivity index (χ2n) is 6.27. The number of nitrogens with zero attached hydrogens (tertiary/aromatic N) is 4. The zero-order valence-electron chi connectivity index (χ0n) is 14.7. The van der Waals surface area contributed by atoms with Gasteiger partial charge < -0.3 is 4.90 Å². The van der Waals surface area contributed by atoms with Crippen LogP contribution in [-0.4, -0.2) is 53.2 Å². The molecule has 0 atom stereocenters. The van der Waals surface area contributed by atoms with E-state index in [1.807, 2.05) is 29.5 Å². The van der Waals surface area contributed by atoms with Crippen molar-refractivity contribution in [1.29, 1.82) is 0 Å². The number of sulfonamides is 1. The summed E-state index contributed by atoms with van der Waals surface area (Å²) in [5.41, 5.74) is 2.68. The zero-order chi connectivity index (χ0) is 19.1. The molecule has 9 heteroatoms. The van der Waals surface area contributed by atoms with Crippen LogP contribution in [0.1, 0.15) is 26.2 Å². The lowest BCUT2D eigenvalue weighted by Crippen LogP contribution is -2.52. The third-order valence-corrected chi connectivity index (χ3v) is 5.26. The highest BCUT2D eigenvalue weighted by molar-refractivity contribution is 7.88. The maximum atomic E-state index is 13.0. The molecule has 0 N–H and O–H groups in total. The fraction of sp³-hybridized carbons (Fsp3) is 0.353. The first-order valence-electron chi connectivity index (χ1n) is 8.08. The molecule has 138 valence electrons. The van der Waals surface area contributed by atoms with Gasteiger partial charge >= 0.3 is 0 Å². The molecule has 0 aromatic heterocycles. The molecule has 2 amide bonds. The summed E-state index contributed by atoms with van der Waals surface area (Å²) >= 11 is 0. The SMILES string of the molecule is C=C(CC1=C2CC2=NCN(N(C(C)=O)S(C)(=O)=O)C1=O)N1C=CCC=C1. The van der Waals surface area contributed by atoms with Crippen LogP contribution in [0.15, 0.2) is 53.0 Å². The molecular weight excluding hydrogens is 356 g/mol. The number of amides is 2. The topological polar surface area (TPSA) is 90.4 Å². The number of aliphatic imine (C=N–C) groups is 1. The maximum Gasteiger partial charge on any atom is 0.271 e. The predicted octanol–water partition coefficient (Wildman–Crippen LogP) is 1.29. The first-order chi connectivity index (χ1) is 12.2. The lowest BCUT2D eigenvalue weighted by Gasteiger charge is -2.31. The van der Waals surface area contributed by atoms with Crippen molar-refractivity contribution < 1.29 is 18.0 Å². The average molecular weight is 376 g/mol. The normalized spacial score (nSPS) is 19.2. The van der Waals surface area contributed by atoms with E-state index >= 15 is 0 Å². The highest BCUT2D eigenvalue weighted by Crippen LogP contribution is 2.36. The number of hydrogen-bond acceptors (Lipinski definition) is 6. The standard InChI is InChI=1S/C17H20N4O4S/c1-12(19-7-5-4-6-8-19)9-15-14-10-16(14)18-11-20(17(15)23)21(13(2)22)26(3,24)25/h5-8H,1,4,9-11H2,2-3H3. The van der Waals surface area contributed by atoms with Crippen LogP contribution >= 0.6 is 0 Å². The van der Waals surface area contributed by atoms with Crippen LogP contribution in [0.4, 0.5) is 0 Å². The second kappa shape index (κ2) is 6.56. The molecule has 0 radical (unpaired) electrons. The van der Waals surface area contributed by atoms with Gasteiger partial charge in [-0.1, -0.05) is 18.7 Å². The molecule has 2 aliphatic heterocycles. The van der Waals surface area contributed by atoms with Gasteiger partial charge in [0.25, 0.3) is 21.8 Å². The molecule has 1 fully saturated rings. The maximum absolute atomic E-state index is 13.0. The summed E-state index contributed by atoms with van der Waals surface area (Å²) in [6.07, 6.45) is 10.2. The van der Waals surface area contributed by atoms with E-state index in [0.29, 0.717) is 22.1 Å². The Hall–Kier alpha value is -2.68. The Balaban J connectivity index is 1.89. The summed E-state index contributed by atoms with van der Waals surface area (Å²) in [5, 5.41) is 0.883. The number of fused-ring (bicyclic) bond motifs is 1. The van der Waals surface area contributed by atoms with Gasteiger partial charge in [-0.25, -0.2) is 13.4 Å². The lowest BCUT2D eigenvalue weighted by molar-refractivity contribution is -0.149. The van der Waals surface area contributed by atoms with Crippen molar-refractivity contribution in [2.24, 2.45) is 4.99 Å². The van der Waals surface area contributed by atoms with Gasteiger partial charge in [0.05, 0.1) is 6.26 Å². The Morgan fingerprint density at radius 3 is 2.58 bits per heavy atom. The Morgan fingerprint density at radius 2 is 2.00 bits per heavy atom. The molecular formula is C17H20N4O4S. The predicted molar refractivity (Wildman–Crippen MR) is 96.6 cm³/mol. The zero-order valence-corrected chi connectivity index (χ0v) is 15.5. The lowest BCUT2D eigenvalue weighted by atomic mass is 10.1. The van der Waals surface area contributed by atoms with Crippen LogP contribution in [-0.2, 0) is 19.6 Å². The summed E-state index contributed by atoms with van der Waals surface area (Å²) in [4.78, 5) is 31.0. The number of carbonyl (C=O) groups is 2. The molecule has 3 aliphatic rings. The molecule has 0 spiro atoms. The largest absolute Gasteiger partial charge is 0.328 e. The van der Waals surface area contributed by atoms with E-state index < -0.39 is 21.8 Å². The molecule has 0 aromatic rings. The average Bonchev–Trinajstić information content (AvgIpc) is 3.34. The van der Waals surface area contributed by atoms with E-state index in [1.54, 1.807) is 0 Å². The molecule has 0 aromatic carbocycles. The van der Waals surface area contributed by atoms with Gasteiger partial charge in [-0.15, -0.1) is 4.41 Å². The van der Waals surface area contributed by atoms with Crippen LogP contribution in [0.5, 0.6) is 0 Å². The van der Waals surface area contributed by atoms with Crippen LogP contribution in [0.2, 0.25) is 0 Å². The summed E-state index contributed by atoms with van der Waals surface area (Å²) in [6.45, 7) is 4.92. The van der Waals surface area contributed by atoms with E-state index in [1.165, 1.54) is 0 Å². The summed E-state index contributed by atoms with van der Waals surface area (Å²) in [7, 11) is -3.95. The van der Waals surface area contributed by atoms with E-state index in [9.17, 15) is 18.0 Å². The van der Waals surface area contributed by atoms with Crippen molar-refractivity contribution in [1.82, 2.24) is 14.3 Å². The summed E-state index contributed by atoms with van der Waals surface area (Å²) in [5.74, 6) is -1.30. The molecule has 1 aliphatic carbocycles. The minimum atomic E-state index is -3.95. The molecule has 8 nitrogen and oxygen atoms in total. The van der Waals surface area contributed by atoms with Crippen molar-refractivity contribution in [2.75, 3.05) is 12.9 Å². The molecule has 0 saturated heterocycles. The van der Waals surface area contributed by atoms with E-state index in [4.69, 9.17) is 0 Å². The van der Waals surface area contributed by atoms with Crippen molar-refractivity contribution in [2.45, 2.75) is 26.2 Å². The van der Waals surface area contributed by atoms with E-state index in [2.05, 4.69) is 11.6 Å². The minimum Gasteiger partial charge on any atom is -0.328 e. The van der Waals surface area contributed by atoms with Gasteiger partial charge in [0.1, 0.15) is 6.67 Å². The summed E-state index contributed by atoms with van der Waals surface area (Å²) < 4.78 is 24.5. The Bertz CT molecular complexity index is 899. The van der Waals surface area contributed by atoms with Crippen molar-refractivity contribution in [3.63, 3.8) is 0 Å². The number of rotatable bonds is 5. The first kappa shape index (κ1) is 18.1. The molecule has 3 rings (SSSR count). The Labute approximate surface area is 152 Å².